The molecule has 0 heterocycles. The maximum atomic E-state index is 12.2. The predicted molar refractivity (Wildman–Crippen MR) is 103 cm³/mol. The van der Waals surface area contributed by atoms with Crippen LogP contribution in [0.15, 0.2) is 60.7 Å². The molecule has 2 amide bonds. The van der Waals surface area contributed by atoms with Gasteiger partial charge in [-0.05, 0) is 25.0 Å². The van der Waals surface area contributed by atoms with Crippen molar-refractivity contribution in [3.05, 3.63) is 71.8 Å². The zero-order valence-electron chi connectivity index (χ0n) is 15.9. The molecule has 2 N–H and O–H groups in total. The molecule has 2 rings (SSSR count). The molecular formula is C21H24N2O5. The smallest absolute Gasteiger partial charge is 0.408 e. The Hall–Kier alpha value is -3.35. The minimum absolute atomic E-state index is 0.100. The maximum absolute atomic E-state index is 12.2. The number of carbonyl (C=O) groups is 3. The molecule has 0 fully saturated rings. The van der Waals surface area contributed by atoms with Crippen LogP contribution in [0.1, 0.15) is 25.0 Å². The van der Waals surface area contributed by atoms with Crippen molar-refractivity contribution in [2.45, 2.75) is 39.1 Å². The van der Waals surface area contributed by atoms with Crippen molar-refractivity contribution in [2.24, 2.45) is 0 Å². The first-order valence-corrected chi connectivity index (χ1v) is 8.94. The second-order valence-electron chi connectivity index (χ2n) is 6.25. The highest BCUT2D eigenvalue weighted by atomic mass is 16.5. The minimum Gasteiger partial charge on any atom is -0.459 e. The molecule has 0 bridgehead atoms. The molecule has 148 valence electrons. The summed E-state index contributed by atoms with van der Waals surface area (Å²) < 4.78 is 10.2. The second-order valence-corrected chi connectivity index (χ2v) is 6.25. The fourth-order valence-corrected chi connectivity index (χ4v) is 2.26. The van der Waals surface area contributed by atoms with Crippen molar-refractivity contribution in [3.63, 3.8) is 0 Å². The van der Waals surface area contributed by atoms with Gasteiger partial charge < -0.3 is 20.1 Å². The largest absolute Gasteiger partial charge is 0.459 e. The van der Waals surface area contributed by atoms with Gasteiger partial charge in [0, 0.05) is 0 Å². The lowest BCUT2D eigenvalue weighted by molar-refractivity contribution is -0.148. The highest BCUT2D eigenvalue weighted by Crippen LogP contribution is 2.03. The summed E-state index contributed by atoms with van der Waals surface area (Å²) in [6.45, 7) is 3.25. The van der Waals surface area contributed by atoms with E-state index in [0.29, 0.717) is 0 Å². The number of hydrogen-bond acceptors (Lipinski definition) is 5. The van der Waals surface area contributed by atoms with Gasteiger partial charge in [0.15, 0.2) is 0 Å². The Bertz CT molecular complexity index is 780. The molecule has 28 heavy (non-hydrogen) atoms. The first-order valence-electron chi connectivity index (χ1n) is 8.94. The number of benzene rings is 2. The Morgan fingerprint density at radius 3 is 1.79 bits per heavy atom. The van der Waals surface area contributed by atoms with Gasteiger partial charge in [0.05, 0.1) is 0 Å². The van der Waals surface area contributed by atoms with Crippen molar-refractivity contribution in [3.8, 4) is 0 Å². The van der Waals surface area contributed by atoms with Crippen LogP contribution in [-0.2, 0) is 32.3 Å². The van der Waals surface area contributed by atoms with E-state index >= 15 is 0 Å². The summed E-state index contributed by atoms with van der Waals surface area (Å²) in [4.78, 5) is 36.0. The van der Waals surface area contributed by atoms with Gasteiger partial charge in [-0.2, -0.15) is 0 Å². The van der Waals surface area contributed by atoms with Gasteiger partial charge >= 0.3 is 12.1 Å². The van der Waals surface area contributed by atoms with Gasteiger partial charge in [0.25, 0.3) is 0 Å². The van der Waals surface area contributed by atoms with Gasteiger partial charge in [0.2, 0.25) is 5.91 Å². The number of amides is 2. The van der Waals surface area contributed by atoms with E-state index in [0.717, 1.165) is 11.1 Å². The number of esters is 1. The lowest BCUT2D eigenvalue weighted by Gasteiger charge is -2.17. The van der Waals surface area contributed by atoms with E-state index in [1.807, 2.05) is 60.7 Å². The number of ether oxygens (including phenoxy) is 2. The highest BCUT2D eigenvalue weighted by Gasteiger charge is 2.22. The van der Waals surface area contributed by atoms with Crippen LogP contribution in [0.3, 0.4) is 0 Å². The molecule has 0 spiro atoms. The summed E-state index contributed by atoms with van der Waals surface area (Å²) >= 11 is 0. The quantitative estimate of drug-likeness (QED) is 0.682. The van der Waals surface area contributed by atoms with E-state index in [-0.39, 0.29) is 13.2 Å². The van der Waals surface area contributed by atoms with E-state index < -0.39 is 30.1 Å². The first-order chi connectivity index (χ1) is 13.5. The molecule has 0 saturated carbocycles. The Labute approximate surface area is 164 Å². The molecule has 0 aliphatic rings. The van der Waals surface area contributed by atoms with Gasteiger partial charge in [-0.15, -0.1) is 0 Å². The van der Waals surface area contributed by atoms with Crippen molar-refractivity contribution >= 4 is 18.0 Å². The van der Waals surface area contributed by atoms with Gasteiger partial charge in [-0.1, -0.05) is 60.7 Å². The number of hydrogen-bond donors (Lipinski definition) is 2. The van der Waals surface area contributed by atoms with Crippen molar-refractivity contribution in [1.82, 2.24) is 10.6 Å². The summed E-state index contributed by atoms with van der Waals surface area (Å²) in [5.41, 5.74) is 1.69. The van der Waals surface area contributed by atoms with E-state index in [1.54, 1.807) is 0 Å². The van der Waals surface area contributed by atoms with E-state index in [9.17, 15) is 14.4 Å². The third kappa shape index (κ3) is 7.11. The van der Waals surface area contributed by atoms with Crippen LogP contribution in [0.5, 0.6) is 0 Å². The van der Waals surface area contributed by atoms with E-state index in [2.05, 4.69) is 10.6 Å². The van der Waals surface area contributed by atoms with Crippen molar-refractivity contribution in [1.29, 1.82) is 0 Å². The molecule has 7 nitrogen and oxygen atoms in total. The number of nitrogens with one attached hydrogen (secondary N) is 2. The standard InChI is InChI=1S/C21H24N2O5/c1-15(23-21(26)28-14-18-11-7-4-8-12-18)19(24)22-16(2)20(25)27-13-17-9-5-3-6-10-17/h3-12,15-16H,13-14H2,1-2H3,(H,22,24)(H,23,26)/t15-,16-/m0/s1. The number of rotatable bonds is 8. The lowest BCUT2D eigenvalue weighted by atomic mass is 10.2. The van der Waals surface area contributed by atoms with Crippen LogP contribution >= 0.6 is 0 Å². The van der Waals surface area contributed by atoms with Crippen LogP contribution in [-0.4, -0.2) is 30.1 Å². The van der Waals surface area contributed by atoms with Crippen LogP contribution in [0.25, 0.3) is 0 Å². The Kier molecular flexibility index (Phi) is 8.02. The second kappa shape index (κ2) is 10.7. The molecular weight excluding hydrogens is 360 g/mol. The van der Waals surface area contributed by atoms with Crippen molar-refractivity contribution < 1.29 is 23.9 Å². The molecule has 0 radical (unpaired) electrons. The molecule has 0 aliphatic carbocycles. The fourth-order valence-electron chi connectivity index (χ4n) is 2.26. The Morgan fingerprint density at radius 2 is 1.25 bits per heavy atom. The molecule has 0 aromatic heterocycles. The zero-order valence-corrected chi connectivity index (χ0v) is 15.9. The summed E-state index contributed by atoms with van der Waals surface area (Å²) in [7, 11) is 0. The average molecular weight is 384 g/mol. The zero-order chi connectivity index (χ0) is 20.4. The number of alkyl carbamates (subject to hydrolysis) is 1. The first kappa shape index (κ1) is 21.0. The van der Waals surface area contributed by atoms with Gasteiger partial charge in [-0.25, -0.2) is 9.59 Å². The third-order valence-corrected chi connectivity index (χ3v) is 3.88. The predicted octanol–water partition coefficient (Wildman–Crippen LogP) is 2.55. The summed E-state index contributed by atoms with van der Waals surface area (Å²) in [5.74, 6) is -1.07. The van der Waals surface area contributed by atoms with Crippen LogP contribution in [0, 0.1) is 0 Å². The fraction of sp³-hybridized carbons (Fsp3) is 0.286. The molecule has 7 heteroatoms. The molecule has 0 aliphatic heterocycles. The third-order valence-electron chi connectivity index (χ3n) is 3.88. The SMILES string of the molecule is C[C@H](NC(=O)OCc1ccccc1)C(=O)N[C@@H](C)C(=O)OCc1ccccc1. The molecule has 0 unspecified atom stereocenters. The molecule has 2 atom stereocenters. The summed E-state index contributed by atoms with van der Waals surface area (Å²) in [6, 6.07) is 16.7. The molecule has 2 aromatic rings. The van der Waals surface area contributed by atoms with Gasteiger partial charge in [0.1, 0.15) is 25.3 Å². The lowest BCUT2D eigenvalue weighted by Crippen LogP contribution is -2.49. The van der Waals surface area contributed by atoms with Crippen LogP contribution in [0.2, 0.25) is 0 Å². The minimum atomic E-state index is -0.868. The van der Waals surface area contributed by atoms with Crippen molar-refractivity contribution in [2.75, 3.05) is 0 Å². The maximum Gasteiger partial charge on any atom is 0.408 e. The monoisotopic (exact) mass is 384 g/mol. The summed E-state index contributed by atoms with van der Waals surface area (Å²) in [5, 5.41) is 4.94. The summed E-state index contributed by atoms with van der Waals surface area (Å²) in [6.07, 6.45) is -0.717. The average Bonchev–Trinajstić information content (AvgIpc) is 2.71. The number of carbonyl (C=O) groups excluding carboxylic acids is 3. The topological polar surface area (TPSA) is 93.7 Å². The van der Waals surface area contributed by atoms with Crippen LogP contribution < -0.4 is 10.6 Å². The molecule has 2 aromatic carbocycles. The van der Waals surface area contributed by atoms with E-state index in [4.69, 9.17) is 9.47 Å². The Balaban J connectivity index is 1.71. The Morgan fingerprint density at radius 1 is 0.750 bits per heavy atom. The highest BCUT2D eigenvalue weighted by molar-refractivity contribution is 5.89. The van der Waals surface area contributed by atoms with Crippen LogP contribution in [0.4, 0.5) is 4.79 Å². The normalized spacial score (nSPS) is 12.4. The van der Waals surface area contributed by atoms with E-state index in [1.165, 1.54) is 13.8 Å². The molecule has 0 saturated heterocycles. The van der Waals surface area contributed by atoms with Gasteiger partial charge in [-0.3, -0.25) is 4.79 Å².